The number of piperidine rings is 1. The van der Waals surface area contributed by atoms with E-state index in [9.17, 15) is 4.79 Å². The minimum Gasteiger partial charge on any atom is -0.312 e. The fourth-order valence-corrected chi connectivity index (χ4v) is 4.71. The molecule has 18 heavy (non-hydrogen) atoms. The lowest BCUT2D eigenvalue weighted by Crippen LogP contribution is -2.52. The Bertz CT molecular complexity index is 436. The summed E-state index contributed by atoms with van der Waals surface area (Å²) in [6, 6.07) is 0.444. The molecule has 0 amide bonds. The molecule has 5 atom stereocenters. The van der Waals surface area contributed by atoms with Gasteiger partial charge in [-0.05, 0) is 42.9 Å². The number of carbonyl (C=O) groups excluding carboxylic acids is 1. The zero-order valence-electron chi connectivity index (χ0n) is 10.8. The third kappa shape index (κ3) is 1.55. The third-order valence-electron chi connectivity index (χ3n) is 5.61. The van der Waals surface area contributed by atoms with Crippen molar-refractivity contribution in [3.8, 4) is 0 Å². The topological polar surface area (TPSA) is 29.1 Å². The van der Waals surface area contributed by atoms with E-state index in [4.69, 9.17) is 0 Å². The van der Waals surface area contributed by atoms with E-state index in [0.29, 0.717) is 17.7 Å². The summed E-state index contributed by atoms with van der Waals surface area (Å²) in [7, 11) is 0. The van der Waals surface area contributed by atoms with E-state index in [1.54, 1.807) is 5.57 Å². The predicted octanol–water partition coefficient (Wildman–Crippen LogP) is 2.47. The fourth-order valence-electron chi connectivity index (χ4n) is 4.71. The van der Waals surface area contributed by atoms with Crippen LogP contribution in [-0.2, 0) is 4.79 Å². The highest BCUT2D eigenvalue weighted by Gasteiger charge is 2.44. The molecule has 4 rings (SSSR count). The van der Waals surface area contributed by atoms with Gasteiger partial charge in [0.05, 0.1) is 0 Å². The lowest BCUT2D eigenvalue weighted by Gasteiger charge is -2.47. The first-order valence-electron chi connectivity index (χ1n) is 7.44. The van der Waals surface area contributed by atoms with Crippen LogP contribution in [0.2, 0.25) is 0 Å². The van der Waals surface area contributed by atoms with Crippen LogP contribution in [0.5, 0.6) is 0 Å². The van der Waals surface area contributed by atoms with Crippen molar-refractivity contribution in [3.63, 3.8) is 0 Å². The van der Waals surface area contributed by atoms with E-state index in [1.165, 1.54) is 12.8 Å². The summed E-state index contributed by atoms with van der Waals surface area (Å²) in [5, 5.41) is 3.67. The molecule has 2 fully saturated rings. The van der Waals surface area contributed by atoms with Crippen LogP contribution in [0, 0.1) is 23.7 Å². The molecule has 1 aliphatic heterocycles. The summed E-state index contributed by atoms with van der Waals surface area (Å²) in [6.07, 6.45) is 12.5. The minimum absolute atomic E-state index is 0.444. The maximum atomic E-state index is 11.6. The molecule has 0 bridgehead atoms. The Balaban J connectivity index is 1.62. The first kappa shape index (κ1) is 11.0. The van der Waals surface area contributed by atoms with Gasteiger partial charge in [-0.1, -0.05) is 23.8 Å². The molecule has 2 nitrogen and oxygen atoms in total. The number of hydrogen-bond donors (Lipinski definition) is 1. The van der Waals surface area contributed by atoms with Gasteiger partial charge in [-0.15, -0.1) is 0 Å². The van der Waals surface area contributed by atoms with Crippen LogP contribution in [0.1, 0.15) is 32.1 Å². The molecule has 1 saturated heterocycles. The standard InChI is InChI=1S/C16H21NO/c18-11-5-7-14-13-6-4-10-2-1-3-12(10)15(13)9-17-16(14)8-11/h1-2,6,10,12,14-17H,3-5,7-9H2. The average molecular weight is 243 g/mol. The van der Waals surface area contributed by atoms with Crippen LogP contribution >= 0.6 is 0 Å². The third-order valence-corrected chi connectivity index (χ3v) is 5.61. The average Bonchev–Trinajstić information content (AvgIpc) is 2.86. The van der Waals surface area contributed by atoms with Gasteiger partial charge in [-0.25, -0.2) is 0 Å². The van der Waals surface area contributed by atoms with Gasteiger partial charge in [-0.2, -0.15) is 0 Å². The van der Waals surface area contributed by atoms with E-state index in [2.05, 4.69) is 23.5 Å². The molecule has 3 aliphatic carbocycles. The molecule has 2 heteroatoms. The first-order valence-corrected chi connectivity index (χ1v) is 7.44. The van der Waals surface area contributed by atoms with Gasteiger partial charge in [0.2, 0.25) is 0 Å². The van der Waals surface area contributed by atoms with Crippen molar-refractivity contribution in [1.82, 2.24) is 5.32 Å². The molecule has 0 radical (unpaired) electrons. The predicted molar refractivity (Wildman–Crippen MR) is 71.1 cm³/mol. The van der Waals surface area contributed by atoms with Crippen molar-refractivity contribution in [3.05, 3.63) is 23.8 Å². The quantitative estimate of drug-likeness (QED) is 0.662. The van der Waals surface area contributed by atoms with E-state index in [0.717, 1.165) is 43.6 Å². The summed E-state index contributed by atoms with van der Waals surface area (Å²) in [5.74, 6) is 3.49. The van der Waals surface area contributed by atoms with Crippen LogP contribution in [0.3, 0.4) is 0 Å². The van der Waals surface area contributed by atoms with Crippen molar-refractivity contribution in [2.75, 3.05) is 6.54 Å². The molecule has 96 valence electrons. The molecule has 4 aliphatic rings. The molecule has 0 aromatic carbocycles. The second-order valence-corrected chi connectivity index (χ2v) is 6.44. The van der Waals surface area contributed by atoms with Gasteiger partial charge in [-0.3, -0.25) is 4.79 Å². The molecule has 0 aromatic heterocycles. The highest BCUT2D eigenvalue weighted by atomic mass is 16.1. The Labute approximate surface area is 109 Å². The zero-order chi connectivity index (χ0) is 12.1. The molecule has 1 heterocycles. The van der Waals surface area contributed by atoms with Crippen LogP contribution in [0.4, 0.5) is 0 Å². The number of rotatable bonds is 0. The van der Waals surface area contributed by atoms with Crippen LogP contribution < -0.4 is 5.32 Å². The lowest BCUT2D eigenvalue weighted by molar-refractivity contribution is -0.121. The SMILES string of the molecule is O=C1CCC2C3=CCC4C=CCC4C3CNC2C1. The highest BCUT2D eigenvalue weighted by Crippen LogP contribution is 2.48. The number of fused-ring (bicyclic) bond motifs is 5. The molecule has 0 spiro atoms. The second-order valence-electron chi connectivity index (χ2n) is 6.44. The van der Waals surface area contributed by atoms with Gasteiger partial charge in [0.25, 0.3) is 0 Å². The van der Waals surface area contributed by atoms with E-state index in [-0.39, 0.29) is 0 Å². The Morgan fingerprint density at radius 1 is 1.22 bits per heavy atom. The van der Waals surface area contributed by atoms with E-state index in [1.807, 2.05) is 0 Å². The smallest absolute Gasteiger partial charge is 0.134 e. The van der Waals surface area contributed by atoms with Crippen molar-refractivity contribution in [2.24, 2.45) is 23.7 Å². The van der Waals surface area contributed by atoms with Gasteiger partial charge in [0, 0.05) is 25.4 Å². The fraction of sp³-hybridized carbons (Fsp3) is 0.688. The Hall–Kier alpha value is -0.890. The number of nitrogens with one attached hydrogen (secondary N) is 1. The molecule has 0 aromatic rings. The number of hydrogen-bond acceptors (Lipinski definition) is 2. The Morgan fingerprint density at radius 2 is 2.17 bits per heavy atom. The summed E-state index contributed by atoms with van der Waals surface area (Å²) in [5.41, 5.74) is 1.70. The second kappa shape index (κ2) is 4.06. The van der Waals surface area contributed by atoms with Crippen LogP contribution in [0.15, 0.2) is 23.8 Å². The highest BCUT2D eigenvalue weighted by molar-refractivity contribution is 5.80. The van der Waals surface area contributed by atoms with E-state index < -0.39 is 0 Å². The number of Topliss-reactive ketones (excluding diaryl/α,β-unsaturated/α-hetero) is 1. The number of carbonyl (C=O) groups is 1. The maximum absolute atomic E-state index is 11.6. The van der Waals surface area contributed by atoms with Crippen molar-refractivity contribution >= 4 is 5.78 Å². The van der Waals surface area contributed by atoms with Gasteiger partial charge in [0.1, 0.15) is 5.78 Å². The molecule has 1 N–H and O–H groups in total. The van der Waals surface area contributed by atoms with Gasteiger partial charge in [0.15, 0.2) is 0 Å². The molecular formula is C16H21NO. The summed E-state index contributed by atoms with van der Waals surface area (Å²) < 4.78 is 0. The molecular weight excluding hydrogens is 222 g/mol. The van der Waals surface area contributed by atoms with Crippen molar-refractivity contribution in [2.45, 2.75) is 38.1 Å². The molecule has 1 saturated carbocycles. The Morgan fingerprint density at radius 3 is 3.11 bits per heavy atom. The largest absolute Gasteiger partial charge is 0.312 e. The lowest BCUT2D eigenvalue weighted by atomic mass is 9.63. The number of ketones is 1. The molecule has 5 unspecified atom stereocenters. The van der Waals surface area contributed by atoms with Gasteiger partial charge >= 0.3 is 0 Å². The van der Waals surface area contributed by atoms with Gasteiger partial charge < -0.3 is 5.32 Å². The van der Waals surface area contributed by atoms with Crippen molar-refractivity contribution < 1.29 is 4.79 Å². The van der Waals surface area contributed by atoms with Crippen LogP contribution in [0.25, 0.3) is 0 Å². The summed E-state index contributed by atoms with van der Waals surface area (Å²) in [4.78, 5) is 11.6. The normalized spacial score (nSPS) is 46.1. The summed E-state index contributed by atoms with van der Waals surface area (Å²) in [6.45, 7) is 1.10. The van der Waals surface area contributed by atoms with E-state index >= 15 is 0 Å². The Kier molecular flexibility index (Phi) is 2.47. The van der Waals surface area contributed by atoms with Crippen molar-refractivity contribution in [1.29, 1.82) is 0 Å². The summed E-state index contributed by atoms with van der Waals surface area (Å²) >= 11 is 0. The number of allylic oxidation sites excluding steroid dienone is 3. The first-order chi connectivity index (χ1) is 8.83. The minimum atomic E-state index is 0.444. The van der Waals surface area contributed by atoms with Crippen LogP contribution in [-0.4, -0.2) is 18.4 Å². The monoisotopic (exact) mass is 243 g/mol. The maximum Gasteiger partial charge on any atom is 0.134 e. The zero-order valence-corrected chi connectivity index (χ0v) is 10.8.